The Morgan fingerprint density at radius 1 is 0.742 bits per heavy atom. The van der Waals surface area contributed by atoms with E-state index in [9.17, 15) is 14.4 Å². The van der Waals surface area contributed by atoms with Crippen molar-refractivity contribution in [2.24, 2.45) is 0 Å². The highest BCUT2D eigenvalue weighted by Gasteiger charge is 2.51. The lowest BCUT2D eigenvalue weighted by Gasteiger charge is -2.43. The molecule has 3 rings (SSSR count). The monoisotopic (exact) mass is 428 g/mol. The lowest BCUT2D eigenvalue weighted by atomic mass is 9.98. The Hall–Kier alpha value is -3.23. The maximum absolute atomic E-state index is 12.8. The highest BCUT2D eigenvalue weighted by Crippen LogP contribution is 2.30. The average molecular weight is 428 g/mol. The lowest BCUT2D eigenvalue weighted by Crippen LogP contribution is -2.61. The Kier molecular flexibility index (Phi) is 7.38. The molecule has 1 aliphatic rings. The third kappa shape index (κ3) is 5.48. The van der Waals surface area contributed by atoms with E-state index in [0.717, 1.165) is 0 Å². The van der Waals surface area contributed by atoms with Crippen molar-refractivity contribution < 1.29 is 38.1 Å². The Bertz CT molecular complexity index is 898. The lowest BCUT2D eigenvalue weighted by molar-refractivity contribution is -0.287. The number of carbonyl (C=O) groups is 3. The van der Waals surface area contributed by atoms with Gasteiger partial charge < -0.3 is 23.7 Å². The van der Waals surface area contributed by atoms with Crippen molar-refractivity contribution in [3.8, 4) is 0 Å². The molecule has 5 atom stereocenters. The molecular weight excluding hydrogens is 404 g/mol. The van der Waals surface area contributed by atoms with Gasteiger partial charge in [0, 0.05) is 14.0 Å². The van der Waals surface area contributed by atoms with Gasteiger partial charge in [0.1, 0.15) is 0 Å². The summed E-state index contributed by atoms with van der Waals surface area (Å²) in [6.45, 7) is 2.88. The molecule has 1 aliphatic heterocycles. The number of hydrogen-bond acceptors (Lipinski definition) is 8. The van der Waals surface area contributed by atoms with Crippen LogP contribution in [0, 0.1) is 0 Å². The van der Waals surface area contributed by atoms with Crippen LogP contribution in [0.3, 0.4) is 0 Å². The van der Waals surface area contributed by atoms with Gasteiger partial charge in [0.2, 0.25) is 0 Å². The molecule has 1 fully saturated rings. The molecule has 0 saturated carbocycles. The highest BCUT2D eigenvalue weighted by molar-refractivity contribution is 5.90. The minimum absolute atomic E-state index is 0.297. The van der Waals surface area contributed by atoms with Gasteiger partial charge in [0.15, 0.2) is 24.6 Å². The Morgan fingerprint density at radius 3 is 1.68 bits per heavy atom. The molecule has 0 aliphatic carbocycles. The van der Waals surface area contributed by atoms with Crippen LogP contribution in [0.1, 0.15) is 34.6 Å². The molecule has 0 spiro atoms. The number of ether oxygens (including phenoxy) is 5. The SMILES string of the molecule is CO[C@H]1O[C@H](C)[C@@H](OC(C)=O)[C@@H](OC(=O)c2ccccc2)[C@H]1OC(=O)c1ccccc1. The maximum atomic E-state index is 12.8. The second-order valence-corrected chi connectivity index (χ2v) is 6.99. The fourth-order valence-electron chi connectivity index (χ4n) is 3.31. The quantitative estimate of drug-likeness (QED) is 0.512. The average Bonchev–Trinajstić information content (AvgIpc) is 2.78. The first-order valence-electron chi connectivity index (χ1n) is 9.78. The minimum Gasteiger partial charge on any atom is -0.456 e. The summed E-state index contributed by atoms with van der Waals surface area (Å²) >= 11 is 0. The van der Waals surface area contributed by atoms with Crippen molar-refractivity contribution in [2.75, 3.05) is 7.11 Å². The molecule has 1 heterocycles. The van der Waals surface area contributed by atoms with Gasteiger partial charge in [-0.1, -0.05) is 36.4 Å². The molecular formula is C23H24O8. The topological polar surface area (TPSA) is 97.4 Å². The summed E-state index contributed by atoms with van der Waals surface area (Å²) in [5, 5.41) is 0. The predicted octanol–water partition coefficient (Wildman–Crippen LogP) is 2.76. The first kappa shape index (κ1) is 22.5. The van der Waals surface area contributed by atoms with Gasteiger partial charge in [-0.3, -0.25) is 4.79 Å². The zero-order chi connectivity index (χ0) is 22.4. The Morgan fingerprint density at radius 2 is 1.23 bits per heavy atom. The van der Waals surface area contributed by atoms with Crippen molar-refractivity contribution >= 4 is 17.9 Å². The van der Waals surface area contributed by atoms with E-state index in [0.29, 0.717) is 11.1 Å². The van der Waals surface area contributed by atoms with Crippen molar-refractivity contribution in [1.82, 2.24) is 0 Å². The van der Waals surface area contributed by atoms with E-state index in [1.807, 2.05) is 0 Å². The molecule has 2 aromatic carbocycles. The smallest absolute Gasteiger partial charge is 0.338 e. The van der Waals surface area contributed by atoms with Crippen LogP contribution in [0.4, 0.5) is 0 Å². The molecule has 0 bridgehead atoms. The number of carbonyl (C=O) groups excluding carboxylic acids is 3. The van der Waals surface area contributed by atoms with Crippen molar-refractivity contribution in [1.29, 1.82) is 0 Å². The van der Waals surface area contributed by atoms with Gasteiger partial charge in [-0.15, -0.1) is 0 Å². The van der Waals surface area contributed by atoms with Gasteiger partial charge >= 0.3 is 17.9 Å². The van der Waals surface area contributed by atoms with Crippen LogP contribution in [0.5, 0.6) is 0 Å². The van der Waals surface area contributed by atoms with E-state index in [1.54, 1.807) is 67.6 Å². The summed E-state index contributed by atoms with van der Waals surface area (Å²) < 4.78 is 27.8. The van der Waals surface area contributed by atoms with Gasteiger partial charge in [-0.25, -0.2) is 9.59 Å². The van der Waals surface area contributed by atoms with Crippen LogP contribution in [0.2, 0.25) is 0 Å². The molecule has 0 radical (unpaired) electrons. The van der Waals surface area contributed by atoms with Gasteiger partial charge in [0.25, 0.3) is 0 Å². The Labute approximate surface area is 180 Å². The zero-order valence-electron chi connectivity index (χ0n) is 17.4. The standard InChI is InChI=1S/C23H24O8/c1-14-18(29-15(2)24)19(30-21(25)16-10-6-4-7-11-16)20(23(27-3)28-14)31-22(26)17-12-8-5-9-13-17/h4-14,18-20,23H,1-3H3/t14-,18-,19-,20-,23+/m1/s1. The summed E-state index contributed by atoms with van der Waals surface area (Å²) in [6, 6.07) is 16.7. The number of benzene rings is 2. The van der Waals surface area contributed by atoms with E-state index in [-0.39, 0.29) is 0 Å². The highest BCUT2D eigenvalue weighted by atomic mass is 16.7. The molecule has 1 saturated heterocycles. The molecule has 0 N–H and O–H groups in total. The molecule has 8 heteroatoms. The summed E-state index contributed by atoms with van der Waals surface area (Å²) in [7, 11) is 1.38. The van der Waals surface area contributed by atoms with Crippen LogP contribution in [0.15, 0.2) is 60.7 Å². The fraction of sp³-hybridized carbons (Fsp3) is 0.348. The summed E-state index contributed by atoms with van der Waals surface area (Å²) in [5.41, 5.74) is 0.596. The molecule has 0 aromatic heterocycles. The first-order chi connectivity index (χ1) is 14.9. The van der Waals surface area contributed by atoms with Crippen LogP contribution >= 0.6 is 0 Å². The summed E-state index contributed by atoms with van der Waals surface area (Å²) in [5.74, 6) is -1.91. The second-order valence-electron chi connectivity index (χ2n) is 6.99. The summed E-state index contributed by atoms with van der Waals surface area (Å²) in [4.78, 5) is 37.2. The van der Waals surface area contributed by atoms with Crippen molar-refractivity contribution in [3.05, 3.63) is 71.8 Å². The molecule has 31 heavy (non-hydrogen) atoms. The predicted molar refractivity (Wildman–Crippen MR) is 108 cm³/mol. The summed E-state index contributed by atoms with van der Waals surface area (Å²) in [6.07, 6.45) is -5.06. The minimum atomic E-state index is -1.18. The van der Waals surface area contributed by atoms with Gasteiger partial charge in [-0.2, -0.15) is 0 Å². The number of rotatable bonds is 6. The zero-order valence-corrected chi connectivity index (χ0v) is 17.4. The third-order valence-electron chi connectivity index (χ3n) is 4.77. The first-order valence-corrected chi connectivity index (χ1v) is 9.78. The molecule has 8 nitrogen and oxygen atoms in total. The molecule has 2 aromatic rings. The van der Waals surface area contributed by atoms with Crippen molar-refractivity contribution in [2.45, 2.75) is 44.6 Å². The van der Waals surface area contributed by atoms with Crippen LogP contribution in [0.25, 0.3) is 0 Å². The normalized spacial score (nSPS) is 25.3. The van der Waals surface area contributed by atoms with E-state index in [2.05, 4.69) is 0 Å². The molecule has 164 valence electrons. The van der Waals surface area contributed by atoms with Gasteiger partial charge in [0.05, 0.1) is 17.2 Å². The number of esters is 3. The van der Waals surface area contributed by atoms with Gasteiger partial charge in [-0.05, 0) is 31.2 Å². The Balaban J connectivity index is 1.92. The second kappa shape index (κ2) is 10.2. The maximum Gasteiger partial charge on any atom is 0.338 e. The van der Waals surface area contributed by atoms with E-state index in [4.69, 9.17) is 23.7 Å². The number of hydrogen-bond donors (Lipinski definition) is 0. The van der Waals surface area contributed by atoms with E-state index >= 15 is 0 Å². The molecule has 0 amide bonds. The van der Waals surface area contributed by atoms with E-state index in [1.165, 1.54) is 14.0 Å². The molecule has 0 unspecified atom stereocenters. The number of methoxy groups -OCH3 is 1. The largest absolute Gasteiger partial charge is 0.456 e. The van der Waals surface area contributed by atoms with Crippen LogP contribution in [-0.2, 0) is 28.5 Å². The van der Waals surface area contributed by atoms with Crippen LogP contribution < -0.4 is 0 Å². The fourth-order valence-corrected chi connectivity index (χ4v) is 3.31. The van der Waals surface area contributed by atoms with E-state index < -0.39 is 48.6 Å². The third-order valence-corrected chi connectivity index (χ3v) is 4.77. The van der Waals surface area contributed by atoms with Crippen molar-refractivity contribution in [3.63, 3.8) is 0 Å². The van der Waals surface area contributed by atoms with Crippen LogP contribution in [-0.4, -0.2) is 55.7 Å².